The second-order valence-corrected chi connectivity index (χ2v) is 9.00. The molecule has 4 rings (SSSR count). The first-order valence-electron chi connectivity index (χ1n) is 11.3. The summed E-state index contributed by atoms with van der Waals surface area (Å²) in [7, 11) is 1.78. The van der Waals surface area contributed by atoms with Crippen molar-refractivity contribution >= 4 is 35.0 Å². The Hall–Kier alpha value is -4.24. The Balaban J connectivity index is 1.30. The molecule has 184 valence electrons. The number of carbonyl (C=O) groups is 2. The number of para-hydroxylation sites is 2. The lowest BCUT2D eigenvalue weighted by molar-refractivity contribution is -0.118. The molecule has 4 aromatic rings. The molecule has 1 heterocycles. The monoisotopic (exact) mass is 502 g/mol. The highest BCUT2D eigenvalue weighted by atomic mass is 32.2. The fraction of sp³-hybridized carbons (Fsp3) is 0.148. The average molecular weight is 503 g/mol. The van der Waals surface area contributed by atoms with Gasteiger partial charge in [0, 0.05) is 17.6 Å². The van der Waals surface area contributed by atoms with E-state index in [-0.39, 0.29) is 35.4 Å². The van der Waals surface area contributed by atoms with Crippen molar-refractivity contribution in [2.24, 2.45) is 7.05 Å². The second kappa shape index (κ2) is 11.5. The molecular formula is C27H26N4O4S. The number of amides is 2. The van der Waals surface area contributed by atoms with E-state index in [1.54, 1.807) is 42.9 Å². The van der Waals surface area contributed by atoms with Gasteiger partial charge in [0.05, 0.1) is 17.1 Å². The number of hydrogen-bond donors (Lipinski definition) is 2. The van der Waals surface area contributed by atoms with Crippen molar-refractivity contribution in [3.8, 4) is 11.4 Å². The van der Waals surface area contributed by atoms with Crippen LogP contribution in [0.2, 0.25) is 0 Å². The second-order valence-electron chi connectivity index (χ2n) is 7.95. The van der Waals surface area contributed by atoms with Crippen molar-refractivity contribution in [3.63, 3.8) is 0 Å². The van der Waals surface area contributed by atoms with Crippen molar-refractivity contribution < 1.29 is 14.3 Å². The molecule has 0 aliphatic heterocycles. The van der Waals surface area contributed by atoms with Gasteiger partial charge in [-0.25, -0.2) is 4.68 Å². The van der Waals surface area contributed by atoms with Crippen LogP contribution in [0.4, 0.5) is 11.4 Å². The Morgan fingerprint density at radius 3 is 2.17 bits per heavy atom. The molecule has 0 aliphatic carbocycles. The number of rotatable bonds is 9. The van der Waals surface area contributed by atoms with Gasteiger partial charge in [0.1, 0.15) is 11.4 Å². The third-order valence-corrected chi connectivity index (χ3v) is 6.45. The van der Waals surface area contributed by atoms with Gasteiger partial charge in [0.15, 0.2) is 6.61 Å². The first-order chi connectivity index (χ1) is 17.4. The van der Waals surface area contributed by atoms with Crippen LogP contribution in [0.15, 0.2) is 94.6 Å². The summed E-state index contributed by atoms with van der Waals surface area (Å²) in [6, 6.07) is 25.6. The van der Waals surface area contributed by atoms with E-state index in [1.807, 2.05) is 60.7 Å². The van der Waals surface area contributed by atoms with Gasteiger partial charge >= 0.3 is 0 Å². The lowest BCUT2D eigenvalue weighted by atomic mass is 10.3. The first kappa shape index (κ1) is 24.9. The zero-order chi connectivity index (χ0) is 25.5. The Labute approximate surface area is 212 Å². The van der Waals surface area contributed by atoms with Gasteiger partial charge < -0.3 is 15.4 Å². The molecule has 0 fully saturated rings. The molecule has 2 amide bonds. The molecule has 0 atom stereocenters. The summed E-state index contributed by atoms with van der Waals surface area (Å²) in [6.07, 6.45) is 0. The summed E-state index contributed by atoms with van der Waals surface area (Å²) in [4.78, 5) is 38.5. The molecule has 0 radical (unpaired) electrons. The van der Waals surface area contributed by atoms with Gasteiger partial charge in [0.25, 0.3) is 11.5 Å². The molecule has 1 aromatic heterocycles. The predicted octanol–water partition coefficient (Wildman–Crippen LogP) is 4.23. The van der Waals surface area contributed by atoms with Crippen LogP contribution in [0.5, 0.6) is 5.75 Å². The van der Waals surface area contributed by atoms with Crippen LogP contribution in [0, 0.1) is 6.92 Å². The molecule has 0 saturated heterocycles. The Bertz CT molecular complexity index is 1400. The summed E-state index contributed by atoms with van der Waals surface area (Å²) >= 11 is 1.34. The molecule has 0 aliphatic rings. The molecule has 8 nitrogen and oxygen atoms in total. The number of ether oxygens (including phenoxy) is 1. The maximum atomic E-state index is 13.0. The molecule has 9 heteroatoms. The van der Waals surface area contributed by atoms with Crippen LogP contribution < -0.4 is 20.9 Å². The average Bonchev–Trinajstić information content (AvgIpc) is 3.11. The fourth-order valence-electron chi connectivity index (χ4n) is 3.53. The Kier molecular flexibility index (Phi) is 7.92. The van der Waals surface area contributed by atoms with Gasteiger partial charge in [-0.05, 0) is 55.5 Å². The van der Waals surface area contributed by atoms with E-state index in [4.69, 9.17) is 4.74 Å². The van der Waals surface area contributed by atoms with Crippen LogP contribution >= 0.6 is 11.8 Å². The number of nitrogens with one attached hydrogen (secondary N) is 2. The van der Waals surface area contributed by atoms with E-state index in [2.05, 4.69) is 10.6 Å². The number of benzene rings is 3. The minimum absolute atomic E-state index is 0.0917. The number of thioether (sulfide) groups is 1. The van der Waals surface area contributed by atoms with Crippen molar-refractivity contribution in [1.82, 2.24) is 9.36 Å². The van der Waals surface area contributed by atoms with E-state index in [1.165, 1.54) is 16.4 Å². The zero-order valence-electron chi connectivity index (χ0n) is 19.9. The number of carbonyl (C=O) groups excluding carboxylic acids is 2. The van der Waals surface area contributed by atoms with E-state index < -0.39 is 0 Å². The first-order valence-corrected chi connectivity index (χ1v) is 12.3. The van der Waals surface area contributed by atoms with E-state index in [9.17, 15) is 14.4 Å². The molecule has 0 saturated carbocycles. The molecule has 0 unspecified atom stereocenters. The smallest absolute Gasteiger partial charge is 0.295 e. The Morgan fingerprint density at radius 2 is 1.50 bits per heavy atom. The summed E-state index contributed by atoms with van der Waals surface area (Å²) in [5.74, 6) is 0.220. The lowest BCUT2D eigenvalue weighted by Crippen LogP contribution is -2.23. The molecule has 0 spiro atoms. The van der Waals surface area contributed by atoms with E-state index in [0.717, 1.165) is 10.6 Å². The summed E-state index contributed by atoms with van der Waals surface area (Å²) in [5, 5.41) is 5.54. The van der Waals surface area contributed by atoms with Gasteiger partial charge in [-0.1, -0.05) is 36.4 Å². The SMILES string of the molecule is Cc1c(NC(=O)CSc2ccc(NC(=O)COc3ccccc3)cc2)c(=O)n(-c2ccccc2)n1C. The van der Waals surface area contributed by atoms with Crippen LogP contribution in [0.3, 0.4) is 0 Å². The van der Waals surface area contributed by atoms with Gasteiger partial charge in [-0.3, -0.25) is 19.1 Å². The topological polar surface area (TPSA) is 94.4 Å². The predicted molar refractivity (Wildman–Crippen MR) is 142 cm³/mol. The Morgan fingerprint density at radius 1 is 0.861 bits per heavy atom. The maximum Gasteiger partial charge on any atom is 0.295 e. The minimum Gasteiger partial charge on any atom is -0.484 e. The number of hydrogen-bond acceptors (Lipinski definition) is 5. The summed E-state index contributed by atoms with van der Waals surface area (Å²) < 4.78 is 8.69. The third kappa shape index (κ3) is 6.05. The highest BCUT2D eigenvalue weighted by Crippen LogP contribution is 2.21. The summed E-state index contributed by atoms with van der Waals surface area (Å²) in [6.45, 7) is 1.70. The van der Waals surface area contributed by atoms with Crippen molar-refractivity contribution in [1.29, 1.82) is 0 Å². The van der Waals surface area contributed by atoms with Crippen molar-refractivity contribution in [2.45, 2.75) is 11.8 Å². The van der Waals surface area contributed by atoms with Crippen LogP contribution in [0.1, 0.15) is 5.69 Å². The van der Waals surface area contributed by atoms with Crippen LogP contribution in [-0.2, 0) is 16.6 Å². The van der Waals surface area contributed by atoms with Crippen molar-refractivity contribution in [2.75, 3.05) is 23.0 Å². The van der Waals surface area contributed by atoms with Crippen molar-refractivity contribution in [3.05, 3.63) is 101 Å². The minimum atomic E-state index is -0.282. The van der Waals surface area contributed by atoms with Gasteiger partial charge in [-0.15, -0.1) is 11.8 Å². The normalized spacial score (nSPS) is 10.6. The fourth-order valence-corrected chi connectivity index (χ4v) is 4.23. The molecule has 2 N–H and O–H groups in total. The van der Waals surface area contributed by atoms with Gasteiger partial charge in [-0.2, -0.15) is 0 Å². The highest BCUT2D eigenvalue weighted by molar-refractivity contribution is 8.00. The lowest BCUT2D eigenvalue weighted by Gasteiger charge is -2.08. The summed E-state index contributed by atoms with van der Waals surface area (Å²) in [5.41, 5.74) is 2.01. The highest BCUT2D eigenvalue weighted by Gasteiger charge is 2.18. The quantitative estimate of drug-likeness (QED) is 0.334. The van der Waals surface area contributed by atoms with Crippen LogP contribution in [0.25, 0.3) is 5.69 Å². The molecular weight excluding hydrogens is 476 g/mol. The maximum absolute atomic E-state index is 13.0. The standard InChI is InChI=1S/C27H26N4O4S/c1-19-26(27(34)31(30(19)2)21-9-5-3-6-10-21)29-25(33)18-36-23-15-13-20(14-16-23)28-24(32)17-35-22-11-7-4-8-12-22/h3-16H,17-18H2,1-2H3,(H,28,32)(H,29,33). The zero-order valence-corrected chi connectivity index (χ0v) is 20.7. The largest absolute Gasteiger partial charge is 0.484 e. The number of nitrogens with zero attached hydrogens (tertiary/aromatic N) is 2. The van der Waals surface area contributed by atoms with Crippen LogP contribution in [-0.4, -0.2) is 33.5 Å². The molecule has 0 bridgehead atoms. The third-order valence-electron chi connectivity index (χ3n) is 5.44. The molecule has 36 heavy (non-hydrogen) atoms. The van der Waals surface area contributed by atoms with E-state index >= 15 is 0 Å². The molecule has 3 aromatic carbocycles. The number of aromatic nitrogens is 2. The number of anilines is 2. The van der Waals surface area contributed by atoms with Gasteiger partial charge in [0.2, 0.25) is 5.91 Å². The van der Waals surface area contributed by atoms with E-state index in [0.29, 0.717) is 17.1 Å².